The monoisotopic (exact) mass is 392 g/mol. The average Bonchev–Trinajstić information content (AvgIpc) is 3.10. The lowest BCUT2D eigenvalue weighted by molar-refractivity contribution is 0.0946. The molecule has 0 saturated heterocycles. The van der Waals surface area contributed by atoms with Crippen LogP contribution in [-0.2, 0) is 22.1 Å². The predicted molar refractivity (Wildman–Crippen MR) is 92.0 cm³/mol. The van der Waals surface area contributed by atoms with Crippen LogP contribution in [0, 0.1) is 0 Å². The molecule has 0 spiro atoms. The number of halogens is 1. The lowest BCUT2D eigenvalue weighted by Crippen LogP contribution is -2.23. The average molecular weight is 393 g/mol. The second-order valence-electron chi connectivity index (χ2n) is 5.28. The first-order chi connectivity index (χ1) is 12.4. The van der Waals surface area contributed by atoms with E-state index in [-0.39, 0.29) is 24.1 Å². The normalized spacial score (nSPS) is 11.3. The van der Waals surface area contributed by atoms with Gasteiger partial charge in [-0.2, -0.15) is 0 Å². The van der Waals surface area contributed by atoms with Crippen molar-refractivity contribution in [2.45, 2.75) is 17.5 Å². The highest BCUT2D eigenvalue weighted by Gasteiger charge is 2.23. The Morgan fingerprint density at radius 3 is 2.77 bits per heavy atom. The zero-order chi connectivity index (χ0) is 18.6. The molecule has 3 aromatic rings. The SMILES string of the molecule is O=C(NCc1nnc(S(=O)(=O)Cc2cccc(Cl)c2)o1)c1cccnc1. The standard InChI is InChI=1S/C16H13ClN4O4S/c17-13-5-1-3-11(7-13)10-26(23,24)16-21-20-14(25-16)9-19-15(22)12-4-2-6-18-8-12/h1-8H,9-10H2,(H,19,22). The third kappa shape index (κ3) is 4.44. The van der Waals surface area contributed by atoms with Gasteiger partial charge in [0, 0.05) is 17.4 Å². The van der Waals surface area contributed by atoms with Gasteiger partial charge in [0.2, 0.25) is 15.7 Å². The summed E-state index contributed by atoms with van der Waals surface area (Å²) in [6.45, 7) is -0.104. The fourth-order valence-corrected chi connectivity index (χ4v) is 3.44. The highest BCUT2D eigenvalue weighted by Crippen LogP contribution is 2.18. The molecule has 10 heteroatoms. The molecule has 2 heterocycles. The van der Waals surface area contributed by atoms with Crippen LogP contribution in [0.3, 0.4) is 0 Å². The molecular weight excluding hydrogens is 380 g/mol. The molecule has 26 heavy (non-hydrogen) atoms. The maximum Gasteiger partial charge on any atom is 0.335 e. The van der Waals surface area contributed by atoms with Gasteiger partial charge in [-0.05, 0) is 29.8 Å². The predicted octanol–water partition coefficient (Wildman–Crippen LogP) is 2.02. The van der Waals surface area contributed by atoms with Gasteiger partial charge >= 0.3 is 5.22 Å². The van der Waals surface area contributed by atoms with Crippen molar-refractivity contribution >= 4 is 27.3 Å². The van der Waals surface area contributed by atoms with E-state index in [9.17, 15) is 13.2 Å². The second kappa shape index (κ2) is 7.63. The Balaban J connectivity index is 1.66. The number of aromatic nitrogens is 3. The van der Waals surface area contributed by atoms with Crippen molar-refractivity contribution in [1.82, 2.24) is 20.5 Å². The summed E-state index contributed by atoms with van der Waals surface area (Å²) in [5.41, 5.74) is 0.864. The quantitative estimate of drug-likeness (QED) is 0.682. The van der Waals surface area contributed by atoms with Crippen LogP contribution in [0.2, 0.25) is 5.02 Å². The fourth-order valence-electron chi connectivity index (χ4n) is 2.10. The van der Waals surface area contributed by atoms with Gasteiger partial charge < -0.3 is 9.73 Å². The molecule has 0 aliphatic heterocycles. The van der Waals surface area contributed by atoms with Crippen molar-refractivity contribution in [2.24, 2.45) is 0 Å². The van der Waals surface area contributed by atoms with Gasteiger partial charge in [-0.25, -0.2) is 8.42 Å². The summed E-state index contributed by atoms with van der Waals surface area (Å²) in [7, 11) is -3.82. The van der Waals surface area contributed by atoms with Crippen LogP contribution in [0.5, 0.6) is 0 Å². The van der Waals surface area contributed by atoms with Crippen LogP contribution >= 0.6 is 11.6 Å². The minimum Gasteiger partial charge on any atom is -0.411 e. The third-order valence-corrected chi connectivity index (χ3v) is 4.93. The summed E-state index contributed by atoms with van der Waals surface area (Å²) in [6, 6.07) is 9.70. The molecule has 0 fully saturated rings. The molecule has 1 aromatic carbocycles. The number of pyridine rings is 1. The Morgan fingerprint density at radius 2 is 2.04 bits per heavy atom. The van der Waals surface area contributed by atoms with Crippen LogP contribution in [-0.4, -0.2) is 29.5 Å². The molecule has 0 radical (unpaired) electrons. The summed E-state index contributed by atoms with van der Waals surface area (Å²) in [4.78, 5) is 15.8. The summed E-state index contributed by atoms with van der Waals surface area (Å²) < 4.78 is 29.9. The molecule has 2 aromatic heterocycles. The van der Waals surface area contributed by atoms with Crippen molar-refractivity contribution in [3.8, 4) is 0 Å². The summed E-state index contributed by atoms with van der Waals surface area (Å²) in [5.74, 6) is -0.733. The zero-order valence-electron chi connectivity index (χ0n) is 13.3. The van der Waals surface area contributed by atoms with Crippen molar-refractivity contribution in [1.29, 1.82) is 0 Å². The summed E-state index contributed by atoms with van der Waals surface area (Å²) in [6.07, 6.45) is 2.95. The van der Waals surface area contributed by atoms with Crippen LogP contribution in [0.1, 0.15) is 21.8 Å². The minimum absolute atomic E-state index is 0.0214. The van der Waals surface area contributed by atoms with Gasteiger partial charge in [0.1, 0.15) is 0 Å². The summed E-state index contributed by atoms with van der Waals surface area (Å²) >= 11 is 5.85. The third-order valence-electron chi connectivity index (χ3n) is 3.28. The molecule has 1 amide bonds. The molecule has 0 atom stereocenters. The van der Waals surface area contributed by atoms with Crippen LogP contribution in [0.4, 0.5) is 0 Å². The number of amides is 1. The number of nitrogens with one attached hydrogen (secondary N) is 1. The van der Waals surface area contributed by atoms with E-state index in [4.69, 9.17) is 16.0 Å². The van der Waals surface area contributed by atoms with E-state index in [2.05, 4.69) is 20.5 Å². The molecule has 8 nitrogen and oxygen atoms in total. The Morgan fingerprint density at radius 1 is 1.19 bits per heavy atom. The fraction of sp³-hybridized carbons (Fsp3) is 0.125. The van der Waals surface area contributed by atoms with Crippen molar-refractivity contribution in [2.75, 3.05) is 0 Å². The number of hydrogen-bond donors (Lipinski definition) is 1. The van der Waals surface area contributed by atoms with Gasteiger partial charge in [-0.1, -0.05) is 28.8 Å². The lowest BCUT2D eigenvalue weighted by atomic mass is 10.2. The minimum atomic E-state index is -3.82. The first-order valence-corrected chi connectivity index (χ1v) is 9.45. The first-order valence-electron chi connectivity index (χ1n) is 7.42. The van der Waals surface area contributed by atoms with Gasteiger partial charge in [0.25, 0.3) is 5.91 Å². The Bertz CT molecular complexity index is 1020. The van der Waals surface area contributed by atoms with E-state index in [1.807, 2.05) is 0 Å². The van der Waals surface area contributed by atoms with Crippen molar-refractivity contribution in [3.05, 3.63) is 70.8 Å². The number of rotatable bonds is 6. The highest BCUT2D eigenvalue weighted by molar-refractivity contribution is 7.90. The van der Waals surface area contributed by atoms with Gasteiger partial charge in [0.15, 0.2) is 0 Å². The Kier molecular flexibility index (Phi) is 5.29. The van der Waals surface area contributed by atoms with E-state index in [1.54, 1.807) is 42.6 Å². The largest absolute Gasteiger partial charge is 0.411 e. The van der Waals surface area contributed by atoms with Crippen LogP contribution in [0.15, 0.2) is 58.4 Å². The molecule has 0 aliphatic rings. The van der Waals surface area contributed by atoms with E-state index in [0.29, 0.717) is 16.1 Å². The van der Waals surface area contributed by atoms with Crippen molar-refractivity contribution in [3.63, 3.8) is 0 Å². The first kappa shape index (κ1) is 18.0. The molecular formula is C16H13ClN4O4S. The van der Waals surface area contributed by atoms with Crippen molar-refractivity contribution < 1.29 is 17.6 Å². The molecule has 3 rings (SSSR count). The maximum absolute atomic E-state index is 12.4. The van der Waals surface area contributed by atoms with E-state index >= 15 is 0 Å². The molecule has 1 N–H and O–H groups in total. The number of carbonyl (C=O) groups is 1. The number of hydrogen-bond acceptors (Lipinski definition) is 7. The molecule has 134 valence electrons. The van der Waals surface area contributed by atoms with Gasteiger partial charge in [-0.15, -0.1) is 5.10 Å². The van der Waals surface area contributed by atoms with E-state index in [0.717, 1.165) is 0 Å². The molecule has 0 unspecified atom stereocenters. The van der Waals surface area contributed by atoms with E-state index in [1.165, 1.54) is 6.20 Å². The number of nitrogens with zero attached hydrogens (tertiary/aromatic N) is 3. The Hall–Kier alpha value is -2.78. The smallest absolute Gasteiger partial charge is 0.335 e. The number of carbonyl (C=O) groups excluding carboxylic acids is 1. The van der Waals surface area contributed by atoms with E-state index < -0.39 is 15.1 Å². The summed E-state index contributed by atoms with van der Waals surface area (Å²) in [5, 5.41) is 9.68. The topological polar surface area (TPSA) is 115 Å². The number of sulfone groups is 1. The molecule has 0 saturated carbocycles. The van der Waals surface area contributed by atoms with Gasteiger partial charge in [-0.3, -0.25) is 9.78 Å². The number of benzene rings is 1. The van der Waals surface area contributed by atoms with Crippen LogP contribution < -0.4 is 5.32 Å². The lowest BCUT2D eigenvalue weighted by Gasteiger charge is -2.02. The highest BCUT2D eigenvalue weighted by atomic mass is 35.5. The zero-order valence-corrected chi connectivity index (χ0v) is 14.9. The maximum atomic E-state index is 12.4. The molecule has 0 aliphatic carbocycles. The molecule has 0 bridgehead atoms. The van der Waals surface area contributed by atoms with Gasteiger partial charge in [0.05, 0.1) is 17.9 Å². The second-order valence-corrected chi connectivity index (χ2v) is 7.58. The van der Waals surface area contributed by atoms with Crippen LogP contribution in [0.25, 0.3) is 0 Å². The Labute approximate surface area is 154 Å².